The molecule has 0 fully saturated rings. The second kappa shape index (κ2) is 5.72. The van der Waals surface area contributed by atoms with Crippen molar-refractivity contribution in [2.24, 2.45) is 0 Å². The summed E-state index contributed by atoms with van der Waals surface area (Å²) in [7, 11) is 0. The summed E-state index contributed by atoms with van der Waals surface area (Å²) in [6.07, 6.45) is 1.28. The number of carbonyl (C=O) groups excluding carboxylic acids is 1. The van der Waals surface area contributed by atoms with Gasteiger partial charge >= 0.3 is 5.82 Å². The molecule has 0 N–H and O–H groups in total. The lowest BCUT2D eigenvalue weighted by molar-refractivity contribution is -0.389. The van der Waals surface area contributed by atoms with Gasteiger partial charge in [-0.2, -0.15) is 4.68 Å². The Morgan fingerprint density at radius 1 is 1.45 bits per heavy atom. The Labute approximate surface area is 127 Å². The van der Waals surface area contributed by atoms with Crippen molar-refractivity contribution < 1.29 is 9.72 Å². The number of Topliss-reactive ketones (excluding diaryl/α,β-unsaturated/α-hetero) is 1. The Balaban J connectivity index is 2.29. The maximum atomic E-state index is 12.3. The van der Waals surface area contributed by atoms with Gasteiger partial charge in [0.05, 0.1) is 11.3 Å². The highest BCUT2D eigenvalue weighted by molar-refractivity contribution is 9.10. The van der Waals surface area contributed by atoms with Crippen molar-refractivity contribution in [3.63, 3.8) is 0 Å². The van der Waals surface area contributed by atoms with Gasteiger partial charge in [0.2, 0.25) is 0 Å². The molecule has 0 aliphatic carbocycles. The van der Waals surface area contributed by atoms with Crippen molar-refractivity contribution >= 4 is 39.1 Å². The standard InChI is InChI=1S/C12H9BrClN3O3/c1-7(11(18)8-2-4-9(13)5-3-8)16-6-10(14)12(15-16)17(19)20/h2-7H,1H3. The number of rotatable bonds is 4. The van der Waals surface area contributed by atoms with Gasteiger partial charge in [-0.25, -0.2) is 0 Å². The van der Waals surface area contributed by atoms with Crippen LogP contribution in [0, 0.1) is 10.1 Å². The van der Waals surface area contributed by atoms with Gasteiger partial charge in [-0.15, -0.1) is 0 Å². The molecule has 0 bridgehead atoms. The predicted octanol–water partition coefficient (Wildman–Crippen LogP) is 3.65. The van der Waals surface area contributed by atoms with Gasteiger partial charge in [-0.3, -0.25) is 4.79 Å². The van der Waals surface area contributed by atoms with E-state index < -0.39 is 16.8 Å². The second-order valence-electron chi connectivity index (χ2n) is 4.08. The first-order valence-corrected chi connectivity index (χ1v) is 6.76. The molecule has 20 heavy (non-hydrogen) atoms. The molecule has 2 rings (SSSR count). The van der Waals surface area contributed by atoms with E-state index in [9.17, 15) is 14.9 Å². The van der Waals surface area contributed by atoms with Gasteiger partial charge in [0, 0.05) is 10.0 Å². The summed E-state index contributed by atoms with van der Waals surface area (Å²) in [6, 6.07) is 6.16. The average molecular weight is 359 g/mol. The molecule has 1 aromatic carbocycles. The van der Waals surface area contributed by atoms with E-state index in [1.807, 2.05) is 0 Å². The van der Waals surface area contributed by atoms with Crippen LogP contribution in [0.25, 0.3) is 0 Å². The van der Waals surface area contributed by atoms with Crippen LogP contribution in [0.3, 0.4) is 0 Å². The van der Waals surface area contributed by atoms with Crippen LogP contribution >= 0.6 is 27.5 Å². The minimum Gasteiger partial charge on any atom is -0.358 e. The van der Waals surface area contributed by atoms with Gasteiger partial charge < -0.3 is 10.1 Å². The first-order chi connectivity index (χ1) is 9.40. The fourth-order valence-electron chi connectivity index (χ4n) is 1.66. The highest BCUT2D eigenvalue weighted by Crippen LogP contribution is 2.25. The molecule has 0 saturated carbocycles. The summed E-state index contributed by atoms with van der Waals surface area (Å²) in [4.78, 5) is 22.3. The van der Waals surface area contributed by atoms with Crippen molar-refractivity contribution in [1.29, 1.82) is 0 Å². The topological polar surface area (TPSA) is 78.0 Å². The summed E-state index contributed by atoms with van der Waals surface area (Å²) in [6.45, 7) is 1.61. The van der Waals surface area contributed by atoms with E-state index in [4.69, 9.17) is 11.6 Å². The number of hydrogen-bond acceptors (Lipinski definition) is 4. The number of carbonyl (C=O) groups is 1. The third-order valence-corrected chi connectivity index (χ3v) is 3.54. The third kappa shape index (κ3) is 2.88. The number of aromatic nitrogens is 2. The minimum absolute atomic E-state index is 0.0922. The molecule has 6 nitrogen and oxygen atoms in total. The summed E-state index contributed by atoms with van der Waals surface area (Å²) in [5.74, 6) is -0.659. The molecule has 8 heteroatoms. The number of nitrogens with zero attached hydrogens (tertiary/aromatic N) is 3. The SMILES string of the molecule is CC(C(=O)c1ccc(Br)cc1)n1cc(Cl)c([N+](=O)[O-])n1. The Morgan fingerprint density at radius 3 is 2.55 bits per heavy atom. The Morgan fingerprint density at radius 2 is 2.05 bits per heavy atom. The molecule has 0 spiro atoms. The van der Waals surface area contributed by atoms with E-state index in [2.05, 4.69) is 21.0 Å². The van der Waals surface area contributed by atoms with Crippen LogP contribution in [0.4, 0.5) is 5.82 Å². The molecule has 1 aromatic heterocycles. The van der Waals surface area contributed by atoms with Gasteiger partial charge in [0.1, 0.15) is 6.04 Å². The van der Waals surface area contributed by atoms with Crippen molar-refractivity contribution in [3.05, 3.63) is 55.6 Å². The van der Waals surface area contributed by atoms with Crippen molar-refractivity contribution in [2.75, 3.05) is 0 Å². The first kappa shape index (κ1) is 14.7. The molecule has 0 aliphatic rings. The fourth-order valence-corrected chi connectivity index (χ4v) is 2.13. The second-order valence-corrected chi connectivity index (χ2v) is 5.41. The van der Waals surface area contributed by atoms with Crippen LogP contribution in [-0.4, -0.2) is 20.5 Å². The lowest BCUT2D eigenvalue weighted by atomic mass is 10.1. The lowest BCUT2D eigenvalue weighted by Crippen LogP contribution is -2.17. The summed E-state index contributed by atoms with van der Waals surface area (Å²) < 4.78 is 2.06. The van der Waals surface area contributed by atoms with Gasteiger partial charge in [0.15, 0.2) is 10.8 Å². The zero-order valence-corrected chi connectivity index (χ0v) is 12.6. The quantitative estimate of drug-likeness (QED) is 0.475. The molecule has 1 atom stereocenters. The third-order valence-electron chi connectivity index (χ3n) is 2.75. The van der Waals surface area contributed by atoms with Gasteiger partial charge in [-0.1, -0.05) is 39.7 Å². The van der Waals surface area contributed by atoms with Crippen molar-refractivity contribution in [1.82, 2.24) is 9.78 Å². The largest absolute Gasteiger partial charge is 0.408 e. The van der Waals surface area contributed by atoms with E-state index in [1.165, 1.54) is 10.9 Å². The van der Waals surface area contributed by atoms with E-state index in [0.29, 0.717) is 5.56 Å². The number of nitro groups is 1. The highest BCUT2D eigenvalue weighted by atomic mass is 79.9. The number of halogens is 2. The monoisotopic (exact) mass is 357 g/mol. The smallest absolute Gasteiger partial charge is 0.358 e. The number of benzene rings is 1. The van der Waals surface area contributed by atoms with Crippen LogP contribution < -0.4 is 0 Å². The molecule has 0 amide bonds. The van der Waals surface area contributed by atoms with Crippen molar-refractivity contribution in [3.8, 4) is 0 Å². The lowest BCUT2D eigenvalue weighted by Gasteiger charge is -2.07. The molecule has 104 valence electrons. The van der Waals surface area contributed by atoms with Gasteiger partial charge in [0.25, 0.3) is 0 Å². The van der Waals surface area contributed by atoms with Crippen LogP contribution in [0.2, 0.25) is 5.02 Å². The van der Waals surface area contributed by atoms with Crippen LogP contribution in [0.1, 0.15) is 23.3 Å². The molecule has 0 saturated heterocycles. The molecular formula is C12H9BrClN3O3. The Kier molecular flexibility index (Phi) is 4.20. The molecule has 1 heterocycles. The zero-order valence-electron chi connectivity index (χ0n) is 10.3. The Hall–Kier alpha value is -1.73. The molecule has 2 aromatic rings. The maximum absolute atomic E-state index is 12.3. The predicted molar refractivity (Wildman–Crippen MR) is 77.1 cm³/mol. The van der Waals surface area contributed by atoms with Crippen LogP contribution in [0.15, 0.2) is 34.9 Å². The molecule has 0 aliphatic heterocycles. The first-order valence-electron chi connectivity index (χ1n) is 5.59. The van der Waals surface area contributed by atoms with E-state index in [-0.39, 0.29) is 10.8 Å². The molecule has 0 radical (unpaired) electrons. The van der Waals surface area contributed by atoms with E-state index in [1.54, 1.807) is 31.2 Å². The molecular weight excluding hydrogens is 350 g/mol. The molecule has 1 unspecified atom stereocenters. The van der Waals surface area contributed by atoms with E-state index >= 15 is 0 Å². The van der Waals surface area contributed by atoms with Crippen LogP contribution in [0.5, 0.6) is 0 Å². The normalized spacial score (nSPS) is 12.2. The minimum atomic E-state index is -0.685. The highest BCUT2D eigenvalue weighted by Gasteiger charge is 2.26. The summed E-state index contributed by atoms with van der Waals surface area (Å²) in [5, 5.41) is 14.3. The van der Waals surface area contributed by atoms with Crippen molar-refractivity contribution in [2.45, 2.75) is 13.0 Å². The number of ketones is 1. The summed E-state index contributed by atoms with van der Waals surface area (Å²) >= 11 is 9.00. The maximum Gasteiger partial charge on any atom is 0.408 e. The Bertz CT molecular complexity index is 669. The van der Waals surface area contributed by atoms with Crippen LogP contribution in [-0.2, 0) is 0 Å². The number of hydrogen-bond donors (Lipinski definition) is 0. The van der Waals surface area contributed by atoms with E-state index in [0.717, 1.165) is 4.47 Å². The summed E-state index contributed by atoms with van der Waals surface area (Å²) in [5.41, 5.74) is 0.495. The zero-order chi connectivity index (χ0) is 14.9. The van der Waals surface area contributed by atoms with Gasteiger partial charge in [-0.05, 0) is 24.0 Å². The fraction of sp³-hybridized carbons (Fsp3) is 0.167. The average Bonchev–Trinajstić information content (AvgIpc) is 2.80.